The lowest BCUT2D eigenvalue weighted by molar-refractivity contribution is 0.0920. The number of carbonyl (C=O) groups is 2. The summed E-state index contributed by atoms with van der Waals surface area (Å²) in [5, 5.41) is 5.26. The predicted molar refractivity (Wildman–Crippen MR) is 59.7 cm³/mol. The van der Waals surface area contributed by atoms with E-state index >= 15 is 0 Å². The van der Waals surface area contributed by atoms with E-state index in [0.717, 1.165) is 4.88 Å². The third kappa shape index (κ3) is 2.52. The van der Waals surface area contributed by atoms with Gasteiger partial charge in [0, 0.05) is 4.88 Å². The topological polar surface area (TPSA) is 67.4 Å². The predicted octanol–water partition coefficient (Wildman–Crippen LogP) is 0.895. The van der Waals surface area contributed by atoms with Crippen molar-refractivity contribution in [3.05, 3.63) is 21.9 Å². The summed E-state index contributed by atoms with van der Waals surface area (Å²) in [7, 11) is 0. The van der Waals surface area contributed by atoms with Gasteiger partial charge in [-0.25, -0.2) is 4.79 Å². The molecule has 1 aromatic heterocycles. The van der Waals surface area contributed by atoms with Crippen LogP contribution in [0.15, 0.2) is 12.1 Å². The molecule has 6 heteroatoms. The standard InChI is InChI=1S/C10H12N2O3S/c1-6-2-3-8(16-6)9(13)11-4-7-5-12-10(14)15-7/h2-3,7H,4-5H2,1H3,(H,11,13)(H,12,14). The highest BCUT2D eigenvalue weighted by Gasteiger charge is 2.22. The average Bonchev–Trinajstić information content (AvgIpc) is 2.84. The maximum absolute atomic E-state index is 11.6. The summed E-state index contributed by atoms with van der Waals surface area (Å²) >= 11 is 1.44. The molecule has 86 valence electrons. The minimum atomic E-state index is -0.425. The summed E-state index contributed by atoms with van der Waals surface area (Å²) in [5.74, 6) is -0.124. The minimum Gasteiger partial charge on any atom is -0.442 e. The monoisotopic (exact) mass is 240 g/mol. The van der Waals surface area contributed by atoms with Gasteiger partial charge < -0.3 is 15.4 Å². The molecular weight excluding hydrogens is 228 g/mol. The van der Waals surface area contributed by atoms with Crippen LogP contribution in [0.5, 0.6) is 0 Å². The first-order chi connectivity index (χ1) is 7.65. The van der Waals surface area contributed by atoms with Crippen molar-refractivity contribution < 1.29 is 14.3 Å². The number of cyclic esters (lactones) is 1. The Kier molecular flexibility index (Phi) is 3.09. The van der Waals surface area contributed by atoms with Crippen LogP contribution in [0, 0.1) is 6.92 Å². The third-order valence-electron chi connectivity index (χ3n) is 2.20. The molecule has 1 aliphatic rings. The van der Waals surface area contributed by atoms with Crippen LogP contribution in [0.25, 0.3) is 0 Å². The minimum absolute atomic E-state index is 0.124. The highest BCUT2D eigenvalue weighted by molar-refractivity contribution is 7.13. The quantitative estimate of drug-likeness (QED) is 0.824. The van der Waals surface area contributed by atoms with E-state index in [1.165, 1.54) is 11.3 Å². The Bertz CT molecular complexity index is 416. The van der Waals surface area contributed by atoms with Crippen molar-refractivity contribution in [3.63, 3.8) is 0 Å². The molecule has 5 nitrogen and oxygen atoms in total. The molecule has 1 unspecified atom stereocenters. The van der Waals surface area contributed by atoms with Gasteiger partial charge in [-0.1, -0.05) is 0 Å². The molecule has 1 fully saturated rings. The van der Waals surface area contributed by atoms with E-state index in [-0.39, 0.29) is 12.0 Å². The van der Waals surface area contributed by atoms with E-state index in [1.807, 2.05) is 13.0 Å². The maximum atomic E-state index is 11.6. The van der Waals surface area contributed by atoms with Gasteiger partial charge in [0.2, 0.25) is 0 Å². The molecule has 0 spiro atoms. The van der Waals surface area contributed by atoms with Gasteiger partial charge in [-0.15, -0.1) is 11.3 Å². The van der Waals surface area contributed by atoms with Crippen LogP contribution in [-0.2, 0) is 4.74 Å². The van der Waals surface area contributed by atoms with Gasteiger partial charge in [-0.2, -0.15) is 0 Å². The molecule has 1 aromatic rings. The van der Waals surface area contributed by atoms with Gasteiger partial charge in [0.1, 0.15) is 6.10 Å². The Morgan fingerprint density at radius 3 is 3.06 bits per heavy atom. The molecule has 1 saturated heterocycles. The SMILES string of the molecule is Cc1ccc(C(=O)NCC2CNC(=O)O2)s1. The Morgan fingerprint density at radius 1 is 1.69 bits per heavy atom. The average molecular weight is 240 g/mol. The van der Waals surface area contributed by atoms with E-state index < -0.39 is 6.09 Å². The molecule has 2 N–H and O–H groups in total. The zero-order valence-corrected chi connectivity index (χ0v) is 9.60. The first-order valence-electron chi connectivity index (χ1n) is 4.94. The number of hydrogen-bond donors (Lipinski definition) is 2. The molecule has 0 bridgehead atoms. The molecule has 2 amide bonds. The molecule has 1 atom stereocenters. The van der Waals surface area contributed by atoms with Crippen molar-refractivity contribution in [3.8, 4) is 0 Å². The van der Waals surface area contributed by atoms with Crippen molar-refractivity contribution in [2.75, 3.05) is 13.1 Å². The van der Waals surface area contributed by atoms with E-state index in [2.05, 4.69) is 10.6 Å². The van der Waals surface area contributed by atoms with Crippen molar-refractivity contribution in [2.24, 2.45) is 0 Å². The lowest BCUT2D eigenvalue weighted by Crippen LogP contribution is -2.33. The second-order valence-corrected chi connectivity index (χ2v) is 4.82. The van der Waals surface area contributed by atoms with Crippen molar-refractivity contribution in [1.82, 2.24) is 10.6 Å². The molecule has 16 heavy (non-hydrogen) atoms. The number of thiophene rings is 1. The number of hydrogen-bond acceptors (Lipinski definition) is 4. The van der Waals surface area contributed by atoms with Crippen molar-refractivity contribution >= 4 is 23.3 Å². The van der Waals surface area contributed by atoms with Gasteiger partial charge in [-0.3, -0.25) is 4.79 Å². The van der Waals surface area contributed by atoms with Gasteiger partial charge >= 0.3 is 6.09 Å². The van der Waals surface area contributed by atoms with Gasteiger partial charge in [0.15, 0.2) is 0 Å². The lowest BCUT2D eigenvalue weighted by atomic mass is 10.3. The van der Waals surface area contributed by atoms with Crippen LogP contribution in [0.2, 0.25) is 0 Å². The van der Waals surface area contributed by atoms with Gasteiger partial charge in [0.05, 0.1) is 18.0 Å². The summed E-state index contributed by atoms with van der Waals surface area (Å²) < 4.78 is 4.89. The van der Waals surface area contributed by atoms with Crippen molar-refractivity contribution in [2.45, 2.75) is 13.0 Å². The molecule has 0 aliphatic carbocycles. The van der Waals surface area contributed by atoms with Crippen LogP contribution >= 0.6 is 11.3 Å². The van der Waals surface area contributed by atoms with E-state index in [0.29, 0.717) is 18.0 Å². The van der Waals surface area contributed by atoms with Gasteiger partial charge in [-0.05, 0) is 19.1 Å². The summed E-state index contributed by atoms with van der Waals surface area (Å²) in [4.78, 5) is 24.1. The van der Waals surface area contributed by atoms with Crippen molar-refractivity contribution in [1.29, 1.82) is 0 Å². The Hall–Kier alpha value is -1.56. The summed E-state index contributed by atoms with van der Waals surface area (Å²) in [5.41, 5.74) is 0. The molecule has 0 saturated carbocycles. The second kappa shape index (κ2) is 4.52. The number of rotatable bonds is 3. The van der Waals surface area contributed by atoms with Crippen LogP contribution in [-0.4, -0.2) is 31.2 Å². The van der Waals surface area contributed by atoms with E-state index in [4.69, 9.17) is 4.74 Å². The molecule has 0 radical (unpaired) electrons. The summed E-state index contributed by atoms with van der Waals surface area (Å²) in [6, 6.07) is 3.69. The fourth-order valence-electron chi connectivity index (χ4n) is 1.40. The number of alkyl carbamates (subject to hydrolysis) is 1. The maximum Gasteiger partial charge on any atom is 0.407 e. The van der Waals surface area contributed by atoms with Gasteiger partial charge in [0.25, 0.3) is 5.91 Å². The Balaban J connectivity index is 1.82. The number of ether oxygens (including phenoxy) is 1. The van der Waals surface area contributed by atoms with Crippen LogP contribution in [0.1, 0.15) is 14.5 Å². The number of aryl methyl sites for hydroxylation is 1. The number of amides is 2. The molecule has 0 aromatic carbocycles. The number of carbonyl (C=O) groups excluding carboxylic acids is 2. The first kappa shape index (κ1) is 10.9. The molecule has 2 heterocycles. The lowest BCUT2D eigenvalue weighted by Gasteiger charge is -2.08. The zero-order chi connectivity index (χ0) is 11.5. The second-order valence-electron chi connectivity index (χ2n) is 3.53. The molecule has 1 aliphatic heterocycles. The van der Waals surface area contributed by atoms with Crippen LogP contribution < -0.4 is 10.6 Å². The largest absolute Gasteiger partial charge is 0.442 e. The highest BCUT2D eigenvalue weighted by atomic mass is 32.1. The fourth-order valence-corrected chi connectivity index (χ4v) is 2.18. The molecule has 2 rings (SSSR count). The normalized spacial score (nSPS) is 19.1. The number of nitrogens with one attached hydrogen (secondary N) is 2. The smallest absolute Gasteiger partial charge is 0.407 e. The van der Waals surface area contributed by atoms with Crippen LogP contribution in [0.4, 0.5) is 4.79 Å². The van der Waals surface area contributed by atoms with Crippen LogP contribution in [0.3, 0.4) is 0 Å². The fraction of sp³-hybridized carbons (Fsp3) is 0.400. The Labute approximate surface area is 96.8 Å². The van der Waals surface area contributed by atoms with E-state index in [1.54, 1.807) is 6.07 Å². The Morgan fingerprint density at radius 2 is 2.50 bits per heavy atom. The summed E-state index contributed by atoms with van der Waals surface area (Å²) in [6.45, 7) is 2.74. The zero-order valence-electron chi connectivity index (χ0n) is 8.78. The first-order valence-corrected chi connectivity index (χ1v) is 5.76. The third-order valence-corrected chi connectivity index (χ3v) is 3.20. The molecular formula is C10H12N2O3S. The highest BCUT2D eigenvalue weighted by Crippen LogP contribution is 2.14. The van der Waals surface area contributed by atoms with E-state index in [9.17, 15) is 9.59 Å². The summed E-state index contributed by atoms with van der Waals surface area (Å²) in [6.07, 6.45) is -0.691.